The van der Waals surface area contributed by atoms with Crippen LogP contribution in [0.3, 0.4) is 0 Å². The number of aromatic nitrogens is 1. The maximum Gasteiger partial charge on any atom is 0.397 e. The molecule has 0 aliphatic heterocycles. The second-order valence-electron chi connectivity index (χ2n) is 8.33. The van der Waals surface area contributed by atoms with Crippen LogP contribution in [0.5, 0.6) is 0 Å². The number of anilines is 2. The monoisotopic (exact) mass is 474 g/mol. The minimum absolute atomic E-state index is 0.179. The maximum absolute atomic E-state index is 12.5. The highest BCUT2D eigenvalue weighted by Gasteiger charge is 2.37. The van der Waals surface area contributed by atoms with E-state index in [1.807, 2.05) is 6.07 Å². The predicted octanol–water partition coefficient (Wildman–Crippen LogP) is 4.82. The molecule has 1 aliphatic carbocycles. The van der Waals surface area contributed by atoms with Crippen molar-refractivity contribution in [3.05, 3.63) is 53.7 Å². The molecular formula is C24H25F3N4O3. The zero-order valence-electron chi connectivity index (χ0n) is 18.6. The van der Waals surface area contributed by atoms with Crippen LogP contribution in [-0.2, 0) is 14.9 Å². The van der Waals surface area contributed by atoms with Crippen molar-refractivity contribution >= 4 is 23.4 Å². The number of rotatable bonds is 7. The molecule has 1 heterocycles. The molecule has 1 aliphatic rings. The van der Waals surface area contributed by atoms with Gasteiger partial charge in [-0.25, -0.2) is 9.78 Å². The van der Waals surface area contributed by atoms with Gasteiger partial charge in [0, 0.05) is 12.7 Å². The van der Waals surface area contributed by atoms with Crippen LogP contribution in [0.25, 0.3) is 0 Å². The molecule has 0 radical (unpaired) electrons. The fraction of sp³-hybridized carbons (Fsp3) is 0.417. The Labute approximate surface area is 195 Å². The molecule has 0 unspecified atom stereocenters. The van der Waals surface area contributed by atoms with Crippen molar-refractivity contribution in [2.45, 2.75) is 43.7 Å². The van der Waals surface area contributed by atoms with E-state index in [9.17, 15) is 28.0 Å². The lowest BCUT2D eigenvalue weighted by Crippen LogP contribution is -2.33. The highest BCUT2D eigenvalue weighted by molar-refractivity contribution is 5.93. The van der Waals surface area contributed by atoms with Crippen molar-refractivity contribution in [2.24, 2.45) is 5.92 Å². The number of alkyl halides is 3. The van der Waals surface area contributed by atoms with Crippen LogP contribution in [0.2, 0.25) is 0 Å². The van der Waals surface area contributed by atoms with Crippen LogP contribution in [0.15, 0.2) is 42.6 Å². The molecule has 7 nitrogen and oxygen atoms in total. The Morgan fingerprint density at radius 1 is 1.24 bits per heavy atom. The molecule has 2 aromatic rings. The Morgan fingerprint density at radius 2 is 1.97 bits per heavy atom. The fourth-order valence-electron chi connectivity index (χ4n) is 4.17. The van der Waals surface area contributed by atoms with Crippen molar-refractivity contribution < 1.29 is 27.5 Å². The van der Waals surface area contributed by atoms with Crippen molar-refractivity contribution in [1.29, 1.82) is 5.26 Å². The molecule has 3 rings (SSSR count). The Bertz CT molecular complexity index is 1070. The summed E-state index contributed by atoms with van der Waals surface area (Å²) in [5, 5.41) is 15.3. The van der Waals surface area contributed by atoms with Gasteiger partial charge < -0.3 is 15.4 Å². The normalized spacial score (nSPS) is 20.1. The number of hydrogen-bond donors (Lipinski definition) is 2. The molecule has 1 fully saturated rings. The first kappa shape index (κ1) is 25.0. The molecule has 2 N–H and O–H groups in total. The smallest absolute Gasteiger partial charge is 0.397 e. The molecule has 0 bridgehead atoms. The highest BCUT2D eigenvalue weighted by atomic mass is 19.4. The topological polar surface area (TPSA) is 104 Å². The van der Waals surface area contributed by atoms with Gasteiger partial charge in [0.25, 0.3) is 0 Å². The minimum atomic E-state index is -4.59. The predicted molar refractivity (Wildman–Crippen MR) is 119 cm³/mol. The SMILES string of the molecule is COC(=O)c1cccc(C2(C#N)CCC(CNc3ncccc3NC(=O)CC(F)(F)F)CC2)c1. The van der Waals surface area contributed by atoms with E-state index in [4.69, 9.17) is 4.74 Å². The quantitative estimate of drug-likeness (QED) is 0.558. The number of halogens is 3. The highest BCUT2D eigenvalue weighted by Crippen LogP contribution is 2.41. The molecule has 34 heavy (non-hydrogen) atoms. The first-order chi connectivity index (χ1) is 16.2. The molecule has 180 valence electrons. The summed E-state index contributed by atoms with van der Waals surface area (Å²) >= 11 is 0. The van der Waals surface area contributed by atoms with E-state index in [1.54, 1.807) is 18.2 Å². The van der Waals surface area contributed by atoms with Crippen LogP contribution in [-0.4, -0.2) is 36.7 Å². The third-order valence-corrected chi connectivity index (χ3v) is 6.01. The third kappa shape index (κ3) is 6.25. The average Bonchev–Trinajstić information content (AvgIpc) is 2.82. The molecule has 1 aromatic carbocycles. The van der Waals surface area contributed by atoms with Crippen LogP contribution in [0.4, 0.5) is 24.7 Å². The first-order valence-electron chi connectivity index (χ1n) is 10.8. The standard InChI is InChI=1S/C24H25F3N4O3/c1-34-22(33)17-4-2-5-18(12-17)23(15-28)9-7-16(8-10-23)14-30-21-19(6-3-11-29-21)31-20(32)13-24(25,26)27/h2-6,11-12,16H,7-10,13-14H2,1H3,(H,29,30)(H,31,32). The van der Waals surface area contributed by atoms with E-state index < -0.39 is 29.9 Å². The van der Waals surface area contributed by atoms with E-state index in [1.165, 1.54) is 25.4 Å². The lowest BCUT2D eigenvalue weighted by Gasteiger charge is -2.35. The first-order valence-corrected chi connectivity index (χ1v) is 10.8. The summed E-state index contributed by atoms with van der Waals surface area (Å²) in [6, 6.07) is 12.4. The van der Waals surface area contributed by atoms with Crippen LogP contribution in [0.1, 0.15) is 48.0 Å². The van der Waals surface area contributed by atoms with Gasteiger partial charge in [-0.1, -0.05) is 12.1 Å². The number of carbonyl (C=O) groups excluding carboxylic acids is 2. The zero-order valence-corrected chi connectivity index (χ0v) is 18.6. The number of ether oxygens (including phenoxy) is 1. The molecule has 1 amide bonds. The Balaban J connectivity index is 1.61. The number of hydrogen-bond acceptors (Lipinski definition) is 6. The van der Waals surface area contributed by atoms with E-state index >= 15 is 0 Å². The summed E-state index contributed by atoms with van der Waals surface area (Å²) in [5.41, 5.74) is 0.651. The number of esters is 1. The fourth-order valence-corrected chi connectivity index (χ4v) is 4.17. The van der Waals surface area contributed by atoms with Crippen LogP contribution < -0.4 is 10.6 Å². The van der Waals surface area contributed by atoms with Gasteiger partial charge in [0.2, 0.25) is 5.91 Å². The summed E-state index contributed by atoms with van der Waals surface area (Å²) in [5.74, 6) is -1.12. The number of benzene rings is 1. The van der Waals surface area contributed by atoms with Crippen molar-refractivity contribution in [3.63, 3.8) is 0 Å². The maximum atomic E-state index is 12.5. The van der Waals surface area contributed by atoms with Crippen molar-refractivity contribution in [1.82, 2.24) is 4.98 Å². The number of methoxy groups -OCH3 is 1. The number of pyridine rings is 1. The van der Waals surface area contributed by atoms with E-state index in [0.29, 0.717) is 30.8 Å². The van der Waals surface area contributed by atoms with Gasteiger partial charge in [0.1, 0.15) is 12.2 Å². The Morgan fingerprint density at radius 3 is 2.62 bits per heavy atom. The Hall–Kier alpha value is -3.61. The van der Waals surface area contributed by atoms with Gasteiger partial charge >= 0.3 is 12.1 Å². The second-order valence-corrected chi connectivity index (χ2v) is 8.33. The van der Waals surface area contributed by atoms with Gasteiger partial charge in [-0.15, -0.1) is 0 Å². The van der Waals surface area contributed by atoms with Gasteiger partial charge in [-0.3, -0.25) is 4.79 Å². The average molecular weight is 474 g/mol. The van der Waals surface area contributed by atoms with E-state index in [2.05, 4.69) is 21.7 Å². The van der Waals surface area contributed by atoms with Gasteiger partial charge in [-0.05, 0) is 61.4 Å². The van der Waals surface area contributed by atoms with Crippen molar-refractivity contribution in [2.75, 3.05) is 24.3 Å². The Kier molecular flexibility index (Phi) is 7.76. The van der Waals surface area contributed by atoms with Crippen molar-refractivity contribution in [3.8, 4) is 6.07 Å². The summed E-state index contributed by atoms with van der Waals surface area (Å²) in [7, 11) is 1.31. The van der Waals surface area contributed by atoms with Crippen LogP contribution in [0, 0.1) is 17.2 Å². The lowest BCUT2D eigenvalue weighted by atomic mass is 9.67. The zero-order chi connectivity index (χ0) is 24.8. The summed E-state index contributed by atoms with van der Waals surface area (Å²) in [4.78, 5) is 27.7. The number of nitrogens with one attached hydrogen (secondary N) is 2. The molecule has 1 saturated carbocycles. The molecular weight excluding hydrogens is 449 g/mol. The third-order valence-electron chi connectivity index (χ3n) is 6.01. The largest absolute Gasteiger partial charge is 0.465 e. The summed E-state index contributed by atoms with van der Waals surface area (Å²) in [6.07, 6.45) is -2.03. The second kappa shape index (κ2) is 10.5. The minimum Gasteiger partial charge on any atom is -0.465 e. The van der Waals surface area contributed by atoms with E-state index in [0.717, 1.165) is 18.4 Å². The van der Waals surface area contributed by atoms with Gasteiger partial charge in [0.15, 0.2) is 0 Å². The number of amides is 1. The molecule has 1 aromatic heterocycles. The molecule has 0 atom stereocenters. The summed E-state index contributed by atoms with van der Waals surface area (Å²) in [6.45, 7) is 0.489. The van der Waals surface area contributed by atoms with Crippen LogP contribution >= 0.6 is 0 Å². The van der Waals surface area contributed by atoms with Gasteiger partial charge in [0.05, 0.1) is 29.8 Å². The molecule has 10 heteroatoms. The summed E-state index contributed by atoms with van der Waals surface area (Å²) < 4.78 is 42.1. The lowest BCUT2D eigenvalue weighted by molar-refractivity contribution is -0.150. The molecule has 0 saturated heterocycles. The number of carbonyl (C=O) groups is 2. The number of nitrogens with zero attached hydrogens (tertiary/aromatic N) is 2. The molecule has 0 spiro atoms. The van der Waals surface area contributed by atoms with E-state index in [-0.39, 0.29) is 11.6 Å². The number of nitriles is 1. The van der Waals surface area contributed by atoms with Gasteiger partial charge in [-0.2, -0.15) is 18.4 Å².